The molecule has 8 nitrogen and oxygen atoms in total. The minimum Gasteiger partial charge on any atom is -0.383 e. The van der Waals surface area contributed by atoms with Gasteiger partial charge in [-0.3, -0.25) is 19.3 Å². The third-order valence-electron chi connectivity index (χ3n) is 4.04. The molecule has 1 saturated heterocycles. The molecule has 0 saturated carbocycles. The third kappa shape index (κ3) is 2.55. The number of imide groups is 1. The summed E-state index contributed by atoms with van der Waals surface area (Å²) in [6, 6.07) is 4.05. The number of carbonyl (C=O) groups excluding carboxylic acids is 3. The number of amides is 3. The minimum atomic E-state index is -0.935. The molecule has 5 N–H and O–H groups in total. The summed E-state index contributed by atoms with van der Waals surface area (Å²) in [4.78, 5) is 38.3. The Morgan fingerprint density at radius 1 is 1.26 bits per heavy atom. The molecule has 0 aromatic heterocycles. The average Bonchev–Trinajstić information content (AvgIpc) is 2.78. The molecule has 2 atom stereocenters. The number of nitrogens with zero attached hydrogens (tertiary/aromatic N) is 1. The molecule has 122 valence electrons. The Balaban J connectivity index is 1.93. The molecule has 1 aromatic carbocycles. The molecular formula is C15H18N4O4. The topological polar surface area (TPSA) is 125 Å². The Kier molecular flexibility index (Phi) is 4.01. The van der Waals surface area contributed by atoms with E-state index in [0.717, 1.165) is 4.90 Å². The van der Waals surface area contributed by atoms with Crippen LogP contribution in [0.5, 0.6) is 0 Å². The van der Waals surface area contributed by atoms with Crippen LogP contribution in [-0.4, -0.2) is 53.1 Å². The molecule has 0 spiro atoms. The van der Waals surface area contributed by atoms with E-state index >= 15 is 0 Å². The van der Waals surface area contributed by atoms with Gasteiger partial charge in [0, 0.05) is 18.8 Å². The third-order valence-corrected chi connectivity index (χ3v) is 4.04. The predicted octanol–water partition coefficient (Wildman–Crippen LogP) is -0.750. The number of aliphatic hydroxyl groups excluding tert-OH is 1. The number of benzene rings is 1. The van der Waals surface area contributed by atoms with Gasteiger partial charge in [0.05, 0.1) is 11.1 Å². The fraction of sp³-hybridized carbons (Fsp3) is 0.400. The molecule has 2 unspecified atom stereocenters. The van der Waals surface area contributed by atoms with Crippen molar-refractivity contribution >= 4 is 23.4 Å². The standard InChI is InChI=1S/C15H18N4O4/c16-6-7-17-9-3-1-2-8-12(9)15(23)19(14(8)22)10-4-5-11(20)18-13(10)21/h1-3,10-11,17,20H,4-7,16H2,(H,18,21). The number of nitrogens with one attached hydrogen (secondary N) is 2. The number of carbonyl (C=O) groups is 3. The van der Waals surface area contributed by atoms with E-state index in [9.17, 15) is 19.5 Å². The maximum atomic E-state index is 12.7. The molecule has 1 aromatic rings. The van der Waals surface area contributed by atoms with Gasteiger partial charge in [0.1, 0.15) is 12.3 Å². The lowest BCUT2D eigenvalue weighted by Gasteiger charge is -2.31. The Bertz CT molecular complexity index is 675. The van der Waals surface area contributed by atoms with Crippen LogP contribution in [0, 0.1) is 0 Å². The molecular weight excluding hydrogens is 300 g/mol. The maximum absolute atomic E-state index is 12.7. The van der Waals surface area contributed by atoms with Crippen LogP contribution in [0.3, 0.4) is 0 Å². The Morgan fingerprint density at radius 3 is 2.74 bits per heavy atom. The second-order valence-electron chi connectivity index (χ2n) is 5.54. The largest absolute Gasteiger partial charge is 0.383 e. The van der Waals surface area contributed by atoms with Gasteiger partial charge >= 0.3 is 0 Å². The van der Waals surface area contributed by atoms with Crippen LogP contribution in [0.2, 0.25) is 0 Å². The molecule has 8 heteroatoms. The first-order chi connectivity index (χ1) is 11.0. The van der Waals surface area contributed by atoms with Gasteiger partial charge in [-0.25, -0.2) is 0 Å². The summed E-state index contributed by atoms with van der Waals surface area (Å²) in [5, 5.41) is 14.8. The van der Waals surface area contributed by atoms with Crippen molar-refractivity contribution < 1.29 is 19.5 Å². The molecule has 2 heterocycles. The summed E-state index contributed by atoms with van der Waals surface area (Å²) in [6.07, 6.45) is -0.401. The normalized spacial score (nSPS) is 23.7. The molecule has 0 aliphatic carbocycles. The van der Waals surface area contributed by atoms with Crippen molar-refractivity contribution in [2.24, 2.45) is 5.73 Å². The zero-order valence-corrected chi connectivity index (χ0v) is 12.4. The second-order valence-corrected chi connectivity index (χ2v) is 5.54. The summed E-state index contributed by atoms with van der Waals surface area (Å²) in [6.45, 7) is 0.854. The van der Waals surface area contributed by atoms with Gasteiger partial charge < -0.3 is 21.5 Å². The maximum Gasteiger partial charge on any atom is 0.264 e. The molecule has 3 amide bonds. The number of hydrogen-bond donors (Lipinski definition) is 4. The number of anilines is 1. The molecule has 2 aliphatic heterocycles. The van der Waals surface area contributed by atoms with Crippen LogP contribution in [0.15, 0.2) is 18.2 Å². The quantitative estimate of drug-likeness (QED) is 0.541. The second kappa shape index (κ2) is 5.98. The van der Waals surface area contributed by atoms with Crippen molar-refractivity contribution in [3.63, 3.8) is 0 Å². The van der Waals surface area contributed by atoms with E-state index in [-0.39, 0.29) is 17.5 Å². The number of fused-ring (bicyclic) bond motifs is 1. The summed E-state index contributed by atoms with van der Waals surface area (Å²) >= 11 is 0. The number of aliphatic hydroxyl groups is 1. The SMILES string of the molecule is NCCNc1cccc2c1C(=O)N(C1CCC(O)NC1=O)C2=O. The average molecular weight is 318 g/mol. The van der Waals surface area contributed by atoms with Gasteiger partial charge in [-0.15, -0.1) is 0 Å². The van der Waals surface area contributed by atoms with Crippen molar-refractivity contribution in [2.75, 3.05) is 18.4 Å². The van der Waals surface area contributed by atoms with Crippen LogP contribution in [0.1, 0.15) is 33.6 Å². The highest BCUT2D eigenvalue weighted by atomic mass is 16.3. The summed E-state index contributed by atoms with van der Waals surface area (Å²) in [7, 11) is 0. The molecule has 1 fully saturated rings. The van der Waals surface area contributed by atoms with Gasteiger partial charge in [-0.05, 0) is 25.0 Å². The van der Waals surface area contributed by atoms with Gasteiger partial charge in [-0.1, -0.05) is 6.07 Å². The monoisotopic (exact) mass is 318 g/mol. The van der Waals surface area contributed by atoms with E-state index in [2.05, 4.69) is 10.6 Å². The van der Waals surface area contributed by atoms with Crippen molar-refractivity contribution in [1.82, 2.24) is 10.2 Å². The van der Waals surface area contributed by atoms with Crippen LogP contribution in [0.4, 0.5) is 5.69 Å². The fourth-order valence-electron chi connectivity index (χ4n) is 2.97. The van der Waals surface area contributed by atoms with Crippen LogP contribution < -0.4 is 16.4 Å². The van der Waals surface area contributed by atoms with E-state index < -0.39 is 30.0 Å². The first-order valence-corrected chi connectivity index (χ1v) is 7.48. The van der Waals surface area contributed by atoms with Crippen molar-refractivity contribution in [1.29, 1.82) is 0 Å². The smallest absolute Gasteiger partial charge is 0.264 e. The molecule has 2 aliphatic rings. The highest BCUT2D eigenvalue weighted by molar-refractivity contribution is 6.25. The van der Waals surface area contributed by atoms with Crippen LogP contribution >= 0.6 is 0 Å². The van der Waals surface area contributed by atoms with Crippen molar-refractivity contribution in [3.8, 4) is 0 Å². The van der Waals surface area contributed by atoms with Crippen molar-refractivity contribution in [3.05, 3.63) is 29.3 Å². The predicted molar refractivity (Wildman–Crippen MR) is 81.7 cm³/mol. The minimum absolute atomic E-state index is 0.240. The summed E-state index contributed by atoms with van der Waals surface area (Å²) < 4.78 is 0. The summed E-state index contributed by atoms with van der Waals surface area (Å²) in [5.41, 5.74) is 6.53. The van der Waals surface area contributed by atoms with E-state index in [1.54, 1.807) is 18.2 Å². The van der Waals surface area contributed by atoms with Gasteiger partial charge in [0.25, 0.3) is 11.8 Å². The fourth-order valence-corrected chi connectivity index (χ4v) is 2.97. The zero-order chi connectivity index (χ0) is 16.6. The van der Waals surface area contributed by atoms with Gasteiger partial charge in [0.2, 0.25) is 5.91 Å². The number of hydrogen-bond acceptors (Lipinski definition) is 6. The van der Waals surface area contributed by atoms with E-state index in [1.807, 2.05) is 0 Å². The van der Waals surface area contributed by atoms with Crippen molar-refractivity contribution in [2.45, 2.75) is 25.1 Å². The molecule has 3 rings (SSSR count). The molecule has 23 heavy (non-hydrogen) atoms. The lowest BCUT2D eigenvalue weighted by atomic mass is 10.0. The first-order valence-electron chi connectivity index (χ1n) is 7.48. The van der Waals surface area contributed by atoms with Crippen LogP contribution in [0.25, 0.3) is 0 Å². The zero-order valence-electron chi connectivity index (χ0n) is 12.4. The Morgan fingerprint density at radius 2 is 2.04 bits per heavy atom. The lowest BCUT2D eigenvalue weighted by Crippen LogP contribution is -2.55. The number of nitrogens with two attached hydrogens (primary N) is 1. The number of rotatable bonds is 4. The molecule has 0 radical (unpaired) electrons. The number of piperidine rings is 1. The summed E-state index contributed by atoms with van der Waals surface area (Å²) in [5.74, 6) is -1.51. The Labute approximate surface area is 132 Å². The van der Waals surface area contributed by atoms with Gasteiger partial charge in [-0.2, -0.15) is 0 Å². The Hall–Kier alpha value is -2.45. The molecule has 0 bridgehead atoms. The van der Waals surface area contributed by atoms with E-state index in [4.69, 9.17) is 5.73 Å². The highest BCUT2D eigenvalue weighted by Crippen LogP contribution is 2.32. The highest BCUT2D eigenvalue weighted by Gasteiger charge is 2.45. The lowest BCUT2D eigenvalue weighted by molar-refractivity contribution is -0.131. The first kappa shape index (κ1) is 15.4. The van der Waals surface area contributed by atoms with Gasteiger partial charge in [0.15, 0.2) is 0 Å². The van der Waals surface area contributed by atoms with Crippen LogP contribution in [-0.2, 0) is 4.79 Å². The van der Waals surface area contributed by atoms with E-state index in [0.29, 0.717) is 25.2 Å². The van der Waals surface area contributed by atoms with E-state index in [1.165, 1.54) is 0 Å².